The van der Waals surface area contributed by atoms with Crippen LogP contribution in [0.5, 0.6) is 11.5 Å². The van der Waals surface area contributed by atoms with Gasteiger partial charge in [0.2, 0.25) is 0 Å². The number of benzene rings is 1. The Morgan fingerprint density at radius 3 is 2.89 bits per heavy atom. The molecule has 0 radical (unpaired) electrons. The van der Waals surface area contributed by atoms with Crippen molar-refractivity contribution in [3.63, 3.8) is 0 Å². The van der Waals surface area contributed by atoms with Gasteiger partial charge in [0.1, 0.15) is 0 Å². The molecule has 2 heterocycles. The predicted molar refractivity (Wildman–Crippen MR) is 74.6 cm³/mol. The van der Waals surface area contributed by atoms with Crippen molar-refractivity contribution in [3.8, 4) is 11.5 Å². The van der Waals surface area contributed by atoms with Crippen molar-refractivity contribution in [2.75, 3.05) is 26.3 Å². The molecule has 2 aliphatic heterocycles. The lowest BCUT2D eigenvalue weighted by Gasteiger charge is -2.25. The summed E-state index contributed by atoms with van der Waals surface area (Å²) >= 11 is 3.70. The zero-order chi connectivity index (χ0) is 12.4. The first-order valence-corrected chi connectivity index (χ1v) is 7.44. The normalized spacial score (nSPS) is 23.5. The molecule has 1 N–H and O–H groups in total. The molecule has 18 heavy (non-hydrogen) atoms. The Hall–Kier alpha value is -0.740. The molecule has 98 valence electrons. The minimum atomic E-state index is 0.574. The second-order valence-electron chi connectivity index (χ2n) is 4.89. The van der Waals surface area contributed by atoms with Crippen molar-refractivity contribution >= 4 is 15.9 Å². The molecule has 1 unspecified atom stereocenters. The molecule has 1 aromatic carbocycles. The Balaban J connectivity index is 1.93. The molecule has 1 aromatic rings. The maximum absolute atomic E-state index is 5.82. The molecule has 0 amide bonds. The van der Waals surface area contributed by atoms with E-state index in [9.17, 15) is 0 Å². The monoisotopic (exact) mass is 311 g/mol. The topological polar surface area (TPSA) is 30.5 Å². The quantitative estimate of drug-likeness (QED) is 0.864. The molecular formula is C14H18BrNO2. The van der Waals surface area contributed by atoms with Gasteiger partial charge in [-0.3, -0.25) is 0 Å². The lowest BCUT2D eigenvalue weighted by molar-refractivity contribution is 0.296. The van der Waals surface area contributed by atoms with Gasteiger partial charge in [0.25, 0.3) is 0 Å². The van der Waals surface area contributed by atoms with Gasteiger partial charge in [-0.25, -0.2) is 0 Å². The largest absolute Gasteiger partial charge is 0.490 e. The number of ether oxygens (including phenoxy) is 2. The van der Waals surface area contributed by atoms with E-state index >= 15 is 0 Å². The highest BCUT2D eigenvalue weighted by molar-refractivity contribution is 9.10. The molecule has 0 saturated carbocycles. The smallest absolute Gasteiger partial charge is 0.175 e. The van der Waals surface area contributed by atoms with Crippen LogP contribution in [0.4, 0.5) is 0 Å². The zero-order valence-electron chi connectivity index (χ0n) is 10.4. The van der Waals surface area contributed by atoms with Crippen LogP contribution in [-0.2, 0) is 0 Å². The molecule has 1 atom stereocenters. The highest BCUT2D eigenvalue weighted by Gasteiger charge is 2.22. The van der Waals surface area contributed by atoms with E-state index in [4.69, 9.17) is 9.47 Å². The van der Waals surface area contributed by atoms with Gasteiger partial charge >= 0.3 is 0 Å². The molecule has 1 fully saturated rings. The van der Waals surface area contributed by atoms with Crippen LogP contribution >= 0.6 is 15.9 Å². The average Bonchev–Trinajstić information content (AvgIpc) is 2.66. The fourth-order valence-electron chi connectivity index (χ4n) is 2.65. The SMILES string of the molecule is Brc1c(C2CCCNC2)ccc2c1OCCCO2. The van der Waals surface area contributed by atoms with Crippen LogP contribution in [0.3, 0.4) is 0 Å². The van der Waals surface area contributed by atoms with Crippen LogP contribution in [0.2, 0.25) is 0 Å². The van der Waals surface area contributed by atoms with E-state index in [0.717, 1.165) is 48.7 Å². The Morgan fingerprint density at radius 1 is 1.17 bits per heavy atom. The molecule has 1 saturated heterocycles. The highest BCUT2D eigenvalue weighted by atomic mass is 79.9. The number of hydrogen-bond donors (Lipinski definition) is 1. The molecule has 0 aliphatic carbocycles. The lowest BCUT2D eigenvalue weighted by Crippen LogP contribution is -2.28. The summed E-state index contributed by atoms with van der Waals surface area (Å²) in [6.07, 6.45) is 3.43. The summed E-state index contributed by atoms with van der Waals surface area (Å²) in [6, 6.07) is 4.23. The second-order valence-corrected chi connectivity index (χ2v) is 5.68. The van der Waals surface area contributed by atoms with E-state index in [1.54, 1.807) is 0 Å². The maximum atomic E-state index is 5.82. The van der Waals surface area contributed by atoms with Crippen molar-refractivity contribution in [2.24, 2.45) is 0 Å². The fourth-order valence-corrected chi connectivity index (χ4v) is 3.42. The Kier molecular flexibility index (Phi) is 3.75. The first kappa shape index (κ1) is 12.3. The molecular weight excluding hydrogens is 294 g/mol. The minimum absolute atomic E-state index is 0.574. The molecule has 0 spiro atoms. The van der Waals surface area contributed by atoms with Gasteiger partial charge in [-0.15, -0.1) is 0 Å². The average molecular weight is 312 g/mol. The number of rotatable bonds is 1. The van der Waals surface area contributed by atoms with E-state index in [1.807, 2.05) is 0 Å². The Bertz CT molecular complexity index is 430. The summed E-state index contributed by atoms with van der Waals surface area (Å²) in [6.45, 7) is 3.67. The fraction of sp³-hybridized carbons (Fsp3) is 0.571. The maximum Gasteiger partial charge on any atom is 0.175 e. The van der Waals surface area contributed by atoms with Crippen molar-refractivity contribution in [1.82, 2.24) is 5.32 Å². The van der Waals surface area contributed by atoms with Crippen LogP contribution in [0.15, 0.2) is 16.6 Å². The van der Waals surface area contributed by atoms with Gasteiger partial charge < -0.3 is 14.8 Å². The zero-order valence-corrected chi connectivity index (χ0v) is 12.0. The van der Waals surface area contributed by atoms with Gasteiger partial charge in [0, 0.05) is 13.0 Å². The van der Waals surface area contributed by atoms with Gasteiger partial charge in [0.15, 0.2) is 11.5 Å². The number of nitrogens with one attached hydrogen (secondary N) is 1. The van der Waals surface area contributed by atoms with E-state index in [2.05, 4.69) is 33.4 Å². The first-order valence-electron chi connectivity index (χ1n) is 6.65. The lowest BCUT2D eigenvalue weighted by atomic mass is 9.91. The van der Waals surface area contributed by atoms with E-state index in [-0.39, 0.29) is 0 Å². The number of fused-ring (bicyclic) bond motifs is 1. The number of hydrogen-bond acceptors (Lipinski definition) is 3. The van der Waals surface area contributed by atoms with Crippen LogP contribution in [0, 0.1) is 0 Å². The van der Waals surface area contributed by atoms with E-state index < -0.39 is 0 Å². The highest BCUT2D eigenvalue weighted by Crippen LogP contribution is 2.42. The summed E-state index contributed by atoms with van der Waals surface area (Å²) in [4.78, 5) is 0. The number of piperidine rings is 1. The summed E-state index contributed by atoms with van der Waals surface area (Å²) < 4.78 is 12.6. The van der Waals surface area contributed by atoms with Gasteiger partial charge in [0.05, 0.1) is 17.7 Å². The van der Waals surface area contributed by atoms with Crippen LogP contribution < -0.4 is 14.8 Å². The second kappa shape index (κ2) is 5.49. The van der Waals surface area contributed by atoms with Gasteiger partial charge in [-0.2, -0.15) is 0 Å². The number of halogens is 1. The molecule has 3 rings (SSSR count). The van der Waals surface area contributed by atoms with Crippen molar-refractivity contribution in [3.05, 3.63) is 22.2 Å². The predicted octanol–water partition coefficient (Wildman–Crippen LogP) is 3.08. The molecule has 0 bridgehead atoms. The molecule has 0 aromatic heterocycles. The van der Waals surface area contributed by atoms with Crippen LogP contribution in [-0.4, -0.2) is 26.3 Å². The third kappa shape index (κ3) is 2.36. The van der Waals surface area contributed by atoms with E-state index in [0.29, 0.717) is 5.92 Å². The Labute approximate surface area is 116 Å². The third-order valence-corrected chi connectivity index (χ3v) is 4.44. The summed E-state index contributed by atoms with van der Waals surface area (Å²) in [5.74, 6) is 2.33. The van der Waals surface area contributed by atoms with Gasteiger partial charge in [-0.1, -0.05) is 6.07 Å². The summed E-state index contributed by atoms with van der Waals surface area (Å²) in [7, 11) is 0. The first-order chi connectivity index (χ1) is 8.86. The molecule has 3 nitrogen and oxygen atoms in total. The van der Waals surface area contributed by atoms with Crippen LogP contribution in [0.1, 0.15) is 30.7 Å². The molecule has 4 heteroatoms. The summed E-state index contributed by atoms with van der Waals surface area (Å²) in [5.41, 5.74) is 1.34. The van der Waals surface area contributed by atoms with Crippen molar-refractivity contribution in [2.45, 2.75) is 25.2 Å². The van der Waals surface area contributed by atoms with E-state index in [1.165, 1.54) is 18.4 Å². The Morgan fingerprint density at radius 2 is 2.06 bits per heavy atom. The van der Waals surface area contributed by atoms with Crippen LogP contribution in [0.25, 0.3) is 0 Å². The molecule has 2 aliphatic rings. The third-order valence-electron chi connectivity index (χ3n) is 3.62. The summed E-state index contributed by atoms with van der Waals surface area (Å²) in [5, 5.41) is 3.46. The van der Waals surface area contributed by atoms with Crippen molar-refractivity contribution in [1.29, 1.82) is 0 Å². The van der Waals surface area contributed by atoms with Crippen molar-refractivity contribution < 1.29 is 9.47 Å². The standard InChI is InChI=1S/C14H18BrNO2/c15-13-11(10-3-1-6-16-9-10)4-5-12-14(13)18-8-2-7-17-12/h4-5,10,16H,1-3,6-9H2. The van der Waals surface area contributed by atoms with Gasteiger partial charge in [-0.05, 0) is 52.9 Å². The minimum Gasteiger partial charge on any atom is -0.490 e.